The topological polar surface area (TPSA) is 114 Å². The van der Waals surface area contributed by atoms with E-state index in [9.17, 15) is 9.90 Å². The minimum absolute atomic E-state index is 0.137. The Balaban J connectivity index is 2.13. The van der Waals surface area contributed by atoms with Crippen LogP contribution >= 0.6 is 0 Å². The maximum absolute atomic E-state index is 12.2. The number of hydrogen-bond donors (Lipinski definition) is 3. The molecule has 4 N–H and O–H groups in total. The molecule has 0 aliphatic carbocycles. The highest BCUT2D eigenvalue weighted by atomic mass is 16.5. The number of carbonyl (C=O) groups excluding carboxylic acids is 1. The van der Waals surface area contributed by atoms with Crippen molar-refractivity contribution in [3.05, 3.63) is 18.1 Å². The van der Waals surface area contributed by atoms with E-state index in [1.54, 1.807) is 4.90 Å². The highest BCUT2D eigenvalue weighted by Crippen LogP contribution is 2.11. The van der Waals surface area contributed by atoms with Crippen LogP contribution in [0.4, 0.5) is 5.82 Å². The molecule has 1 aromatic heterocycles. The van der Waals surface area contributed by atoms with Crippen LogP contribution in [-0.2, 0) is 4.74 Å². The number of rotatable bonds is 3. The Morgan fingerprint density at radius 2 is 2.44 bits per heavy atom. The van der Waals surface area contributed by atoms with Crippen LogP contribution in [0.3, 0.4) is 0 Å². The Hall–Kier alpha value is -1.77. The highest BCUT2D eigenvalue weighted by Gasteiger charge is 2.28. The molecule has 0 saturated carbocycles. The summed E-state index contributed by atoms with van der Waals surface area (Å²) >= 11 is 0. The van der Waals surface area contributed by atoms with Crippen molar-refractivity contribution in [2.75, 3.05) is 31.8 Å². The van der Waals surface area contributed by atoms with Gasteiger partial charge in [-0.05, 0) is 0 Å². The second kappa shape index (κ2) is 5.71. The monoisotopic (exact) mass is 253 g/mol. The maximum atomic E-state index is 12.2. The lowest BCUT2D eigenvalue weighted by molar-refractivity contribution is -0.0186. The first-order valence-electron chi connectivity index (χ1n) is 5.54. The fraction of sp³-hybridized carbons (Fsp3) is 0.500. The number of aliphatic hydroxyl groups is 1. The number of carbonyl (C=O) groups is 1. The van der Waals surface area contributed by atoms with Gasteiger partial charge in [-0.2, -0.15) is 0 Å². The Bertz CT molecular complexity index is 410. The number of nitrogens with zero attached hydrogens (tertiary/aromatic N) is 3. The molecule has 2 rings (SSSR count). The zero-order chi connectivity index (χ0) is 13.0. The average Bonchev–Trinajstić information content (AvgIpc) is 2.46. The van der Waals surface area contributed by atoms with Gasteiger partial charge in [0, 0.05) is 6.54 Å². The molecule has 0 radical (unpaired) electrons. The van der Waals surface area contributed by atoms with E-state index in [1.165, 1.54) is 12.4 Å². The zero-order valence-electron chi connectivity index (χ0n) is 9.74. The van der Waals surface area contributed by atoms with Crippen molar-refractivity contribution in [1.82, 2.24) is 14.9 Å². The Kier molecular flexibility index (Phi) is 4.03. The maximum Gasteiger partial charge on any atom is 0.274 e. The third-order valence-electron chi connectivity index (χ3n) is 2.72. The third-order valence-corrected chi connectivity index (χ3v) is 2.72. The molecule has 1 amide bonds. The first-order chi connectivity index (χ1) is 8.76. The smallest absolute Gasteiger partial charge is 0.274 e. The summed E-state index contributed by atoms with van der Waals surface area (Å²) in [6.07, 6.45) is 2.73. The average molecular weight is 253 g/mol. The summed E-state index contributed by atoms with van der Waals surface area (Å²) in [6.45, 7) is 1.08. The molecule has 0 bridgehead atoms. The van der Waals surface area contributed by atoms with Crippen molar-refractivity contribution < 1.29 is 14.6 Å². The quantitative estimate of drug-likeness (QED) is 0.448. The first kappa shape index (κ1) is 12.7. The largest absolute Gasteiger partial charge is 0.394 e. The summed E-state index contributed by atoms with van der Waals surface area (Å²) in [5.74, 6) is 5.28. The van der Waals surface area contributed by atoms with Crippen LogP contribution < -0.4 is 11.3 Å². The number of nitrogen functional groups attached to an aromatic ring is 1. The number of nitrogens with one attached hydrogen (secondary N) is 1. The van der Waals surface area contributed by atoms with Crippen LogP contribution in [0, 0.1) is 0 Å². The molecule has 1 aliphatic heterocycles. The molecular weight excluding hydrogens is 238 g/mol. The summed E-state index contributed by atoms with van der Waals surface area (Å²) in [5, 5.41) is 9.20. The van der Waals surface area contributed by atoms with Crippen LogP contribution in [0.25, 0.3) is 0 Å². The van der Waals surface area contributed by atoms with Gasteiger partial charge in [-0.3, -0.25) is 4.79 Å². The van der Waals surface area contributed by atoms with E-state index >= 15 is 0 Å². The van der Waals surface area contributed by atoms with Gasteiger partial charge >= 0.3 is 0 Å². The van der Waals surface area contributed by atoms with Crippen molar-refractivity contribution in [1.29, 1.82) is 0 Å². The van der Waals surface area contributed by atoms with E-state index in [-0.39, 0.29) is 24.2 Å². The zero-order valence-corrected chi connectivity index (χ0v) is 9.74. The van der Waals surface area contributed by atoms with Gasteiger partial charge in [0.1, 0.15) is 5.69 Å². The molecule has 1 aliphatic rings. The molecule has 8 nitrogen and oxygen atoms in total. The van der Waals surface area contributed by atoms with E-state index in [0.717, 1.165) is 0 Å². The molecule has 0 spiro atoms. The fourth-order valence-electron chi connectivity index (χ4n) is 1.73. The Labute approximate surface area is 104 Å². The van der Waals surface area contributed by atoms with Crippen molar-refractivity contribution in [3.63, 3.8) is 0 Å². The number of amides is 1. The van der Waals surface area contributed by atoms with Crippen LogP contribution in [0.1, 0.15) is 10.5 Å². The van der Waals surface area contributed by atoms with Gasteiger partial charge in [0.2, 0.25) is 0 Å². The summed E-state index contributed by atoms with van der Waals surface area (Å²) < 4.78 is 5.21. The van der Waals surface area contributed by atoms with Gasteiger partial charge in [0.15, 0.2) is 5.82 Å². The van der Waals surface area contributed by atoms with Gasteiger partial charge < -0.3 is 20.2 Å². The predicted octanol–water partition coefficient (Wildman–Crippen LogP) is -1.40. The summed E-state index contributed by atoms with van der Waals surface area (Å²) in [7, 11) is 0. The molecule has 2 heterocycles. The molecule has 8 heteroatoms. The normalized spacial score (nSPS) is 19.7. The van der Waals surface area contributed by atoms with Gasteiger partial charge in [0.25, 0.3) is 5.91 Å². The van der Waals surface area contributed by atoms with Crippen LogP contribution in [-0.4, -0.2) is 58.3 Å². The number of aromatic nitrogens is 2. The van der Waals surface area contributed by atoms with Gasteiger partial charge in [-0.15, -0.1) is 0 Å². The summed E-state index contributed by atoms with van der Waals surface area (Å²) in [5.41, 5.74) is 2.55. The lowest BCUT2D eigenvalue weighted by Crippen LogP contribution is -2.50. The lowest BCUT2D eigenvalue weighted by atomic mass is 10.2. The predicted molar refractivity (Wildman–Crippen MR) is 62.6 cm³/mol. The molecule has 1 unspecified atom stereocenters. The van der Waals surface area contributed by atoms with Gasteiger partial charge in [0.05, 0.1) is 38.3 Å². The molecule has 98 valence electrons. The van der Waals surface area contributed by atoms with Crippen molar-refractivity contribution in [3.8, 4) is 0 Å². The fourth-order valence-corrected chi connectivity index (χ4v) is 1.73. The number of hydrazine groups is 1. The Morgan fingerprint density at radius 3 is 3.06 bits per heavy atom. The van der Waals surface area contributed by atoms with Gasteiger partial charge in [-0.25, -0.2) is 15.8 Å². The number of aliphatic hydroxyl groups excluding tert-OH is 1. The number of morpholine rings is 1. The highest BCUT2D eigenvalue weighted by molar-refractivity contribution is 5.92. The number of nitrogens with two attached hydrogens (primary N) is 1. The Morgan fingerprint density at radius 1 is 1.61 bits per heavy atom. The van der Waals surface area contributed by atoms with E-state index in [4.69, 9.17) is 10.6 Å². The summed E-state index contributed by atoms with van der Waals surface area (Å²) in [6, 6.07) is -0.333. The second-order valence-electron chi connectivity index (χ2n) is 3.84. The van der Waals surface area contributed by atoms with Crippen molar-refractivity contribution >= 4 is 11.7 Å². The molecule has 1 saturated heterocycles. The minimum Gasteiger partial charge on any atom is -0.394 e. The lowest BCUT2D eigenvalue weighted by Gasteiger charge is -2.34. The number of ether oxygens (including phenoxy) is 1. The van der Waals surface area contributed by atoms with E-state index in [0.29, 0.717) is 25.6 Å². The van der Waals surface area contributed by atoms with Crippen LogP contribution in [0.15, 0.2) is 12.4 Å². The minimum atomic E-state index is -0.333. The SMILES string of the molecule is NNc1cnc(C(=O)N2CCOCC2CO)cn1. The summed E-state index contributed by atoms with van der Waals surface area (Å²) in [4.78, 5) is 21.6. The molecular formula is C10H15N5O3. The molecule has 18 heavy (non-hydrogen) atoms. The molecule has 1 fully saturated rings. The van der Waals surface area contributed by atoms with Crippen molar-refractivity contribution in [2.45, 2.75) is 6.04 Å². The molecule has 1 atom stereocenters. The third kappa shape index (κ3) is 2.55. The number of anilines is 1. The van der Waals surface area contributed by atoms with Crippen molar-refractivity contribution in [2.24, 2.45) is 5.84 Å². The number of hydrogen-bond acceptors (Lipinski definition) is 7. The van der Waals surface area contributed by atoms with E-state index < -0.39 is 0 Å². The molecule has 1 aromatic rings. The second-order valence-corrected chi connectivity index (χ2v) is 3.84. The first-order valence-corrected chi connectivity index (χ1v) is 5.54. The van der Waals surface area contributed by atoms with Crippen LogP contribution in [0.2, 0.25) is 0 Å². The van der Waals surface area contributed by atoms with E-state index in [1.807, 2.05) is 0 Å². The van der Waals surface area contributed by atoms with Gasteiger partial charge in [-0.1, -0.05) is 0 Å². The molecule has 0 aromatic carbocycles. The van der Waals surface area contributed by atoms with Crippen LogP contribution in [0.5, 0.6) is 0 Å². The van der Waals surface area contributed by atoms with E-state index in [2.05, 4.69) is 15.4 Å². The standard InChI is InChI=1S/C10H15N5O3/c11-14-9-4-12-8(3-13-9)10(17)15-1-2-18-6-7(15)5-16/h3-4,7,16H,1-2,5-6,11H2,(H,13,14).